The number of aromatic nitrogens is 1. The maximum atomic E-state index is 12.9. The normalized spacial score (nSPS) is 11.2. The Bertz CT molecular complexity index is 1290. The van der Waals surface area contributed by atoms with E-state index in [9.17, 15) is 9.90 Å². The highest BCUT2D eigenvalue weighted by Crippen LogP contribution is 2.35. The molecule has 0 aliphatic heterocycles. The van der Waals surface area contributed by atoms with E-state index in [0.29, 0.717) is 23.3 Å². The smallest absolute Gasteiger partial charge is 0.253 e. The third-order valence-corrected chi connectivity index (χ3v) is 5.27. The van der Waals surface area contributed by atoms with Crippen molar-refractivity contribution in [1.82, 2.24) is 15.2 Å². The van der Waals surface area contributed by atoms with E-state index >= 15 is 0 Å². The van der Waals surface area contributed by atoms with Gasteiger partial charge in [-0.3, -0.25) is 4.79 Å². The van der Waals surface area contributed by atoms with Crippen LogP contribution in [0, 0.1) is 0 Å². The van der Waals surface area contributed by atoms with Gasteiger partial charge in [-0.25, -0.2) is 4.98 Å². The number of anilines is 3. The lowest BCUT2D eigenvalue weighted by atomic mass is 10.0. The number of hydrogen-bond acceptors (Lipinski definition) is 6. The number of aliphatic hydroxyl groups excluding tert-OH is 1. The molecule has 0 aliphatic rings. The van der Waals surface area contributed by atoms with Crippen molar-refractivity contribution < 1.29 is 9.90 Å². The minimum Gasteiger partial charge on any atom is -0.399 e. The number of nitrogens with two attached hydrogens (primary N) is 1. The van der Waals surface area contributed by atoms with Crippen molar-refractivity contribution in [3.8, 4) is 0 Å². The fourth-order valence-corrected chi connectivity index (χ4v) is 3.75. The van der Waals surface area contributed by atoms with E-state index in [4.69, 9.17) is 10.7 Å². The van der Waals surface area contributed by atoms with Crippen LogP contribution in [0.1, 0.15) is 15.9 Å². The number of nitrogen functional groups attached to an aromatic ring is 1. The number of nitrogens with zero attached hydrogens (tertiary/aromatic N) is 2. The molecule has 0 saturated carbocycles. The molecule has 3 aromatic carbocycles. The average molecular weight is 430 g/mol. The Hall–Kier alpha value is -3.68. The highest BCUT2D eigenvalue weighted by atomic mass is 16.3. The monoisotopic (exact) mass is 429 g/mol. The maximum absolute atomic E-state index is 12.9. The number of aliphatic hydroxyl groups is 1. The Morgan fingerprint density at radius 2 is 1.84 bits per heavy atom. The molecule has 1 heterocycles. The van der Waals surface area contributed by atoms with Crippen molar-refractivity contribution in [3.05, 3.63) is 71.8 Å². The molecule has 1 amide bonds. The molecule has 0 spiro atoms. The molecule has 0 fully saturated rings. The van der Waals surface area contributed by atoms with Crippen LogP contribution in [0.4, 0.5) is 17.1 Å². The minimum absolute atomic E-state index is 0.102. The fraction of sp³-hybridized carbons (Fsp3) is 0.200. The van der Waals surface area contributed by atoms with Crippen molar-refractivity contribution in [2.24, 2.45) is 0 Å². The van der Waals surface area contributed by atoms with Crippen LogP contribution in [-0.4, -0.2) is 48.1 Å². The summed E-state index contributed by atoms with van der Waals surface area (Å²) < 4.78 is 0. The van der Waals surface area contributed by atoms with Crippen LogP contribution in [0.25, 0.3) is 21.8 Å². The molecule has 0 saturated heterocycles. The van der Waals surface area contributed by atoms with E-state index in [1.54, 1.807) is 12.1 Å². The molecule has 0 unspecified atom stereocenters. The Morgan fingerprint density at radius 3 is 2.62 bits per heavy atom. The third kappa shape index (κ3) is 4.49. The predicted octanol–water partition coefficient (Wildman–Crippen LogP) is 3.50. The summed E-state index contributed by atoms with van der Waals surface area (Å²) in [6.45, 7) is 1.20. The predicted molar refractivity (Wildman–Crippen MR) is 130 cm³/mol. The fourth-order valence-electron chi connectivity index (χ4n) is 3.75. The third-order valence-electron chi connectivity index (χ3n) is 5.27. The highest BCUT2D eigenvalue weighted by molar-refractivity contribution is 6.14. The second-order valence-electron chi connectivity index (χ2n) is 8.01. The number of hydrogen-bond donors (Lipinski definition) is 4. The zero-order chi connectivity index (χ0) is 22.7. The number of fused-ring (bicyclic) bond motifs is 2. The van der Waals surface area contributed by atoms with E-state index < -0.39 is 0 Å². The van der Waals surface area contributed by atoms with Crippen molar-refractivity contribution in [2.75, 3.05) is 38.2 Å². The van der Waals surface area contributed by atoms with Crippen LogP contribution in [0.5, 0.6) is 0 Å². The number of carbonyl (C=O) groups is 1. The van der Waals surface area contributed by atoms with E-state index in [-0.39, 0.29) is 12.5 Å². The summed E-state index contributed by atoms with van der Waals surface area (Å²) in [6, 6.07) is 18.8. The minimum atomic E-state index is -0.155. The molecule has 32 heavy (non-hydrogen) atoms. The summed E-state index contributed by atoms with van der Waals surface area (Å²) in [5.74, 6) is -0.155. The first-order valence-electron chi connectivity index (χ1n) is 10.5. The summed E-state index contributed by atoms with van der Waals surface area (Å²) in [5.41, 5.74) is 10.8. The molecular formula is C25H27N5O2. The number of carbonyl (C=O) groups excluding carboxylic acids is 1. The molecule has 0 atom stereocenters. The van der Waals surface area contributed by atoms with Crippen LogP contribution < -0.4 is 16.4 Å². The molecule has 164 valence electrons. The largest absolute Gasteiger partial charge is 0.399 e. The quantitative estimate of drug-likeness (QED) is 0.265. The average Bonchev–Trinajstić information content (AvgIpc) is 2.77. The lowest BCUT2D eigenvalue weighted by Gasteiger charge is -2.16. The van der Waals surface area contributed by atoms with Gasteiger partial charge in [-0.05, 0) is 50.0 Å². The molecule has 0 aliphatic carbocycles. The Kier molecular flexibility index (Phi) is 6.20. The molecule has 0 radical (unpaired) electrons. The van der Waals surface area contributed by atoms with Gasteiger partial charge in [0.15, 0.2) is 0 Å². The summed E-state index contributed by atoms with van der Waals surface area (Å²) >= 11 is 0. The van der Waals surface area contributed by atoms with Crippen molar-refractivity contribution in [1.29, 1.82) is 0 Å². The summed E-state index contributed by atoms with van der Waals surface area (Å²) in [4.78, 5) is 19.8. The molecule has 4 aromatic rings. The Balaban J connectivity index is 1.84. The SMILES string of the molecule is CN(C)CCNC(=O)c1cccc2c(Nc3cc(N)cc(CO)c3)c3ccccc3nc12. The topological polar surface area (TPSA) is 104 Å². The van der Waals surface area contributed by atoms with Crippen LogP contribution in [0.2, 0.25) is 0 Å². The molecule has 4 rings (SSSR count). The summed E-state index contributed by atoms with van der Waals surface area (Å²) in [6.07, 6.45) is 0. The van der Waals surface area contributed by atoms with Crippen LogP contribution in [0.3, 0.4) is 0 Å². The molecule has 0 bridgehead atoms. The Morgan fingerprint density at radius 1 is 1.06 bits per heavy atom. The first-order valence-corrected chi connectivity index (χ1v) is 10.5. The van der Waals surface area contributed by atoms with E-state index in [1.807, 2.05) is 67.5 Å². The zero-order valence-electron chi connectivity index (χ0n) is 18.2. The lowest BCUT2D eigenvalue weighted by Crippen LogP contribution is -2.31. The van der Waals surface area contributed by atoms with Gasteiger partial charge < -0.3 is 26.4 Å². The van der Waals surface area contributed by atoms with Gasteiger partial charge in [-0.1, -0.05) is 30.3 Å². The first kappa shape index (κ1) is 21.5. The van der Waals surface area contributed by atoms with Gasteiger partial charge in [0, 0.05) is 35.2 Å². The molecule has 1 aromatic heterocycles. The van der Waals surface area contributed by atoms with Gasteiger partial charge in [-0.15, -0.1) is 0 Å². The second-order valence-corrected chi connectivity index (χ2v) is 8.01. The molecular weight excluding hydrogens is 402 g/mol. The zero-order valence-corrected chi connectivity index (χ0v) is 18.2. The van der Waals surface area contributed by atoms with Gasteiger partial charge in [0.2, 0.25) is 0 Å². The van der Waals surface area contributed by atoms with Gasteiger partial charge in [0.25, 0.3) is 5.91 Å². The van der Waals surface area contributed by atoms with Crippen molar-refractivity contribution in [3.63, 3.8) is 0 Å². The Labute approximate surface area is 186 Å². The molecule has 7 heteroatoms. The number of likely N-dealkylation sites (N-methyl/N-ethyl adjacent to an activating group) is 1. The first-order chi connectivity index (χ1) is 15.5. The summed E-state index contributed by atoms with van der Waals surface area (Å²) in [5, 5.41) is 17.8. The number of amides is 1. The van der Waals surface area contributed by atoms with Gasteiger partial charge >= 0.3 is 0 Å². The van der Waals surface area contributed by atoms with Crippen molar-refractivity contribution in [2.45, 2.75) is 6.61 Å². The summed E-state index contributed by atoms with van der Waals surface area (Å²) in [7, 11) is 3.93. The number of para-hydroxylation sites is 2. The van der Waals surface area contributed by atoms with E-state index in [0.717, 1.165) is 39.8 Å². The van der Waals surface area contributed by atoms with Crippen LogP contribution >= 0.6 is 0 Å². The van der Waals surface area contributed by atoms with Crippen LogP contribution in [-0.2, 0) is 6.61 Å². The number of nitrogens with one attached hydrogen (secondary N) is 2. The van der Waals surface area contributed by atoms with Crippen molar-refractivity contribution >= 4 is 44.8 Å². The van der Waals surface area contributed by atoms with E-state index in [2.05, 4.69) is 10.6 Å². The standard InChI is InChI=1S/C25H27N5O2/c1-30(2)11-10-27-25(32)21-8-5-7-20-23(19-6-3-4-9-22(19)29-24(20)21)28-18-13-16(15-31)12-17(26)14-18/h3-9,12-14,31H,10-11,15,26H2,1-2H3,(H,27,32)(H,28,29). The highest BCUT2D eigenvalue weighted by Gasteiger charge is 2.16. The second kappa shape index (κ2) is 9.21. The van der Waals surface area contributed by atoms with Gasteiger partial charge in [0.1, 0.15) is 0 Å². The number of benzene rings is 3. The van der Waals surface area contributed by atoms with E-state index in [1.165, 1.54) is 0 Å². The number of pyridine rings is 1. The van der Waals surface area contributed by atoms with Gasteiger partial charge in [0.05, 0.1) is 28.9 Å². The molecule has 7 nitrogen and oxygen atoms in total. The maximum Gasteiger partial charge on any atom is 0.253 e. The van der Waals surface area contributed by atoms with Crippen LogP contribution in [0.15, 0.2) is 60.7 Å². The number of rotatable bonds is 7. The molecule has 5 N–H and O–H groups in total. The van der Waals surface area contributed by atoms with Gasteiger partial charge in [-0.2, -0.15) is 0 Å². The lowest BCUT2D eigenvalue weighted by molar-refractivity contribution is 0.0952.